The Hall–Kier alpha value is -3.15. The Kier molecular flexibility index (Phi) is 7.60. The molecule has 1 aliphatic rings. The van der Waals surface area contributed by atoms with E-state index < -0.39 is 6.04 Å². The van der Waals surface area contributed by atoms with Crippen LogP contribution in [0, 0.1) is 0 Å². The Morgan fingerprint density at radius 2 is 1.60 bits per heavy atom. The fourth-order valence-electron chi connectivity index (χ4n) is 3.91. The molecule has 2 aromatic rings. The summed E-state index contributed by atoms with van der Waals surface area (Å²) in [6, 6.07) is 18.2. The molecule has 1 saturated heterocycles. The molecular formula is C24H29N3O3. The van der Waals surface area contributed by atoms with Gasteiger partial charge < -0.3 is 15.5 Å². The van der Waals surface area contributed by atoms with Crippen molar-refractivity contribution in [2.45, 2.75) is 38.1 Å². The predicted octanol–water partition coefficient (Wildman–Crippen LogP) is 2.72. The number of carbonyl (C=O) groups excluding carboxylic acids is 3. The second-order valence-electron chi connectivity index (χ2n) is 7.47. The minimum Gasteiger partial charge on any atom is -0.353 e. The molecule has 2 N–H and O–H groups in total. The number of nitrogens with zero attached hydrogens (tertiary/aromatic N) is 1. The molecule has 0 bridgehead atoms. The molecule has 1 heterocycles. The molecule has 6 nitrogen and oxygen atoms in total. The minimum atomic E-state index is -0.444. The molecular weight excluding hydrogens is 378 g/mol. The first-order chi connectivity index (χ1) is 14.6. The highest BCUT2D eigenvalue weighted by Crippen LogP contribution is 2.27. The van der Waals surface area contributed by atoms with Crippen molar-refractivity contribution in [1.29, 1.82) is 0 Å². The summed E-state index contributed by atoms with van der Waals surface area (Å²) < 4.78 is 0. The number of rotatable bonds is 8. The molecule has 0 saturated carbocycles. The van der Waals surface area contributed by atoms with Crippen molar-refractivity contribution in [3.05, 3.63) is 71.8 Å². The first-order valence-corrected chi connectivity index (χ1v) is 10.6. The van der Waals surface area contributed by atoms with Crippen molar-refractivity contribution in [3.63, 3.8) is 0 Å². The van der Waals surface area contributed by atoms with Gasteiger partial charge in [0.15, 0.2) is 0 Å². The van der Waals surface area contributed by atoms with E-state index in [1.807, 2.05) is 43.3 Å². The smallest absolute Gasteiger partial charge is 0.251 e. The molecule has 3 amide bonds. The van der Waals surface area contributed by atoms with Gasteiger partial charge in [0.05, 0.1) is 5.92 Å². The van der Waals surface area contributed by atoms with E-state index >= 15 is 0 Å². The summed E-state index contributed by atoms with van der Waals surface area (Å²) in [5, 5.41) is 5.66. The van der Waals surface area contributed by atoms with Crippen molar-refractivity contribution in [2.75, 3.05) is 19.6 Å². The van der Waals surface area contributed by atoms with Crippen LogP contribution in [0.2, 0.25) is 0 Å². The lowest BCUT2D eigenvalue weighted by molar-refractivity contribution is -0.139. The van der Waals surface area contributed by atoms with Crippen LogP contribution in [0.5, 0.6) is 0 Å². The van der Waals surface area contributed by atoms with Gasteiger partial charge in [-0.25, -0.2) is 0 Å². The lowest BCUT2D eigenvalue weighted by atomic mass is 9.94. The molecule has 0 radical (unpaired) electrons. The Labute approximate surface area is 177 Å². The van der Waals surface area contributed by atoms with Gasteiger partial charge in [0.25, 0.3) is 5.91 Å². The number of hydrogen-bond acceptors (Lipinski definition) is 3. The SMILES string of the molecule is CCC(C(=O)N1CCC[C@@H]1C(=O)NCCNC(=O)c1ccccc1)c1ccccc1. The summed E-state index contributed by atoms with van der Waals surface area (Å²) in [7, 11) is 0. The largest absolute Gasteiger partial charge is 0.353 e. The molecule has 1 unspecified atom stereocenters. The van der Waals surface area contributed by atoms with Gasteiger partial charge in [0.2, 0.25) is 11.8 Å². The van der Waals surface area contributed by atoms with Crippen molar-refractivity contribution in [2.24, 2.45) is 0 Å². The third-order valence-corrected chi connectivity index (χ3v) is 5.49. The quantitative estimate of drug-likeness (QED) is 0.661. The molecule has 0 spiro atoms. The van der Waals surface area contributed by atoms with Gasteiger partial charge in [0, 0.05) is 25.2 Å². The maximum atomic E-state index is 13.2. The molecule has 158 valence electrons. The maximum Gasteiger partial charge on any atom is 0.251 e. The van der Waals surface area contributed by atoms with Gasteiger partial charge in [-0.15, -0.1) is 0 Å². The van der Waals surface area contributed by atoms with Gasteiger partial charge >= 0.3 is 0 Å². The van der Waals surface area contributed by atoms with Gasteiger partial charge in [-0.1, -0.05) is 55.5 Å². The van der Waals surface area contributed by atoms with Crippen LogP contribution in [0.25, 0.3) is 0 Å². The number of amides is 3. The van der Waals surface area contributed by atoms with Crippen LogP contribution in [-0.2, 0) is 9.59 Å². The maximum absolute atomic E-state index is 13.2. The topological polar surface area (TPSA) is 78.5 Å². The van der Waals surface area contributed by atoms with E-state index in [1.54, 1.807) is 29.2 Å². The molecule has 1 aliphatic heterocycles. The number of likely N-dealkylation sites (tertiary alicyclic amines) is 1. The number of nitrogens with one attached hydrogen (secondary N) is 2. The van der Waals surface area contributed by atoms with E-state index in [4.69, 9.17) is 0 Å². The van der Waals surface area contributed by atoms with E-state index in [1.165, 1.54) is 0 Å². The van der Waals surface area contributed by atoms with Crippen molar-refractivity contribution >= 4 is 17.7 Å². The molecule has 1 fully saturated rings. The molecule has 0 aliphatic carbocycles. The first kappa shape index (κ1) is 21.6. The van der Waals surface area contributed by atoms with Gasteiger partial charge in [-0.3, -0.25) is 14.4 Å². The average Bonchev–Trinajstić information content (AvgIpc) is 3.28. The third-order valence-electron chi connectivity index (χ3n) is 5.49. The summed E-state index contributed by atoms with van der Waals surface area (Å²) in [6.07, 6.45) is 2.18. The second kappa shape index (κ2) is 10.6. The molecule has 2 atom stereocenters. The van der Waals surface area contributed by atoms with Crippen molar-refractivity contribution < 1.29 is 14.4 Å². The predicted molar refractivity (Wildman–Crippen MR) is 116 cm³/mol. The zero-order valence-electron chi connectivity index (χ0n) is 17.3. The summed E-state index contributed by atoms with van der Waals surface area (Å²) >= 11 is 0. The van der Waals surface area contributed by atoms with E-state index in [0.717, 1.165) is 12.0 Å². The summed E-state index contributed by atoms with van der Waals surface area (Å²) in [4.78, 5) is 39.6. The van der Waals surface area contributed by atoms with Crippen LogP contribution in [0.4, 0.5) is 0 Å². The Balaban J connectivity index is 1.51. The highest BCUT2D eigenvalue weighted by Gasteiger charge is 2.36. The monoisotopic (exact) mass is 407 g/mol. The fourth-order valence-corrected chi connectivity index (χ4v) is 3.91. The Morgan fingerprint density at radius 3 is 2.27 bits per heavy atom. The van der Waals surface area contributed by atoms with Gasteiger partial charge in [-0.2, -0.15) is 0 Å². The standard InChI is InChI=1S/C24H29N3O3/c1-2-20(18-10-5-3-6-11-18)24(30)27-17-9-14-21(27)23(29)26-16-15-25-22(28)19-12-7-4-8-13-19/h3-8,10-13,20-21H,2,9,14-17H2,1H3,(H,25,28)(H,26,29)/t20?,21-/m1/s1. The van der Waals surface area contributed by atoms with Crippen molar-refractivity contribution in [3.8, 4) is 0 Å². The van der Waals surface area contributed by atoms with Crippen LogP contribution in [-0.4, -0.2) is 48.3 Å². The van der Waals surface area contributed by atoms with Crippen LogP contribution >= 0.6 is 0 Å². The zero-order valence-corrected chi connectivity index (χ0v) is 17.3. The second-order valence-corrected chi connectivity index (χ2v) is 7.47. The van der Waals surface area contributed by atoms with Crippen LogP contribution < -0.4 is 10.6 Å². The van der Waals surface area contributed by atoms with Crippen LogP contribution in [0.3, 0.4) is 0 Å². The first-order valence-electron chi connectivity index (χ1n) is 10.6. The average molecular weight is 408 g/mol. The number of carbonyl (C=O) groups is 3. The molecule has 6 heteroatoms. The van der Waals surface area contributed by atoms with Gasteiger partial charge in [-0.05, 0) is 37.0 Å². The fraction of sp³-hybridized carbons (Fsp3) is 0.375. The highest BCUT2D eigenvalue weighted by atomic mass is 16.2. The van der Waals surface area contributed by atoms with Crippen molar-refractivity contribution in [1.82, 2.24) is 15.5 Å². The molecule has 3 rings (SSSR count). The molecule has 30 heavy (non-hydrogen) atoms. The highest BCUT2D eigenvalue weighted by molar-refractivity contribution is 5.94. The molecule has 0 aromatic heterocycles. The van der Waals surface area contributed by atoms with Gasteiger partial charge in [0.1, 0.15) is 6.04 Å². The zero-order chi connectivity index (χ0) is 21.3. The van der Waals surface area contributed by atoms with Crippen LogP contribution in [0.15, 0.2) is 60.7 Å². The third kappa shape index (κ3) is 5.26. The van der Waals surface area contributed by atoms with E-state index in [-0.39, 0.29) is 23.6 Å². The Bertz CT molecular complexity index is 855. The van der Waals surface area contributed by atoms with E-state index in [2.05, 4.69) is 10.6 Å². The lowest BCUT2D eigenvalue weighted by Crippen LogP contribution is -2.48. The minimum absolute atomic E-state index is 0.0127. The number of benzene rings is 2. The summed E-state index contributed by atoms with van der Waals surface area (Å²) in [5.41, 5.74) is 1.57. The summed E-state index contributed by atoms with van der Waals surface area (Å²) in [6.45, 7) is 3.26. The lowest BCUT2D eigenvalue weighted by Gasteiger charge is -2.28. The molecule has 2 aromatic carbocycles. The van der Waals surface area contributed by atoms with Crippen LogP contribution in [0.1, 0.15) is 48.0 Å². The Morgan fingerprint density at radius 1 is 0.967 bits per heavy atom. The number of hydrogen-bond donors (Lipinski definition) is 2. The summed E-state index contributed by atoms with van der Waals surface area (Å²) in [5.74, 6) is -0.544. The van der Waals surface area contributed by atoms with E-state index in [0.29, 0.717) is 38.0 Å². The van der Waals surface area contributed by atoms with E-state index in [9.17, 15) is 14.4 Å². The normalized spacial score (nSPS) is 16.7.